The zero-order chi connectivity index (χ0) is 15.2. The molecule has 1 unspecified atom stereocenters. The van der Waals surface area contributed by atoms with Gasteiger partial charge in [0.05, 0.1) is 6.10 Å². The summed E-state index contributed by atoms with van der Waals surface area (Å²) in [6, 6.07) is 16.6. The molecule has 2 aromatic rings. The molecule has 0 heterocycles. The van der Waals surface area contributed by atoms with Crippen molar-refractivity contribution >= 4 is 5.69 Å². The summed E-state index contributed by atoms with van der Waals surface area (Å²) in [7, 11) is 0. The van der Waals surface area contributed by atoms with Crippen molar-refractivity contribution < 1.29 is 5.11 Å². The van der Waals surface area contributed by atoms with E-state index in [2.05, 4.69) is 62.1 Å². The predicted molar refractivity (Wildman–Crippen MR) is 89.8 cm³/mol. The number of aliphatic hydroxyl groups excluding tert-OH is 1. The van der Waals surface area contributed by atoms with E-state index in [-0.39, 0.29) is 0 Å². The SMILES string of the molecule is CCN(CCC(O)c1ccc(C)cc1C)c1ccccc1. The Morgan fingerprint density at radius 2 is 1.76 bits per heavy atom. The van der Waals surface area contributed by atoms with Gasteiger partial charge in [-0.2, -0.15) is 0 Å². The van der Waals surface area contributed by atoms with Crippen LogP contribution in [0.4, 0.5) is 5.69 Å². The first-order chi connectivity index (χ1) is 10.1. The standard InChI is InChI=1S/C19H25NO/c1-4-20(17-8-6-5-7-9-17)13-12-19(21)18-11-10-15(2)14-16(18)3/h5-11,14,19,21H,4,12-13H2,1-3H3. The third-order valence-electron chi connectivity index (χ3n) is 3.96. The summed E-state index contributed by atoms with van der Waals surface area (Å²) in [5.41, 5.74) is 4.67. The molecule has 0 aromatic heterocycles. The fourth-order valence-corrected chi connectivity index (χ4v) is 2.74. The second-order valence-corrected chi connectivity index (χ2v) is 5.58. The van der Waals surface area contributed by atoms with E-state index in [0.717, 1.165) is 25.1 Å². The molecule has 0 aliphatic rings. The molecule has 0 aliphatic carbocycles. The average Bonchev–Trinajstić information content (AvgIpc) is 2.48. The molecular weight excluding hydrogens is 258 g/mol. The van der Waals surface area contributed by atoms with Crippen molar-refractivity contribution in [2.45, 2.75) is 33.3 Å². The van der Waals surface area contributed by atoms with Crippen LogP contribution in [0, 0.1) is 13.8 Å². The number of hydrogen-bond donors (Lipinski definition) is 1. The van der Waals surface area contributed by atoms with E-state index in [4.69, 9.17) is 0 Å². The minimum absolute atomic E-state index is 0.400. The highest BCUT2D eigenvalue weighted by Gasteiger charge is 2.12. The average molecular weight is 283 g/mol. The topological polar surface area (TPSA) is 23.5 Å². The normalized spacial score (nSPS) is 12.2. The predicted octanol–water partition coefficient (Wildman–Crippen LogP) is 4.25. The summed E-state index contributed by atoms with van der Waals surface area (Å²) >= 11 is 0. The molecule has 2 nitrogen and oxygen atoms in total. The van der Waals surface area contributed by atoms with Gasteiger partial charge >= 0.3 is 0 Å². The smallest absolute Gasteiger partial charge is 0.0809 e. The van der Waals surface area contributed by atoms with Crippen LogP contribution in [-0.2, 0) is 0 Å². The van der Waals surface area contributed by atoms with Crippen LogP contribution in [0.5, 0.6) is 0 Å². The Morgan fingerprint density at radius 1 is 1.05 bits per heavy atom. The van der Waals surface area contributed by atoms with Crippen LogP contribution in [0.2, 0.25) is 0 Å². The minimum Gasteiger partial charge on any atom is -0.388 e. The molecular formula is C19H25NO. The molecule has 2 aromatic carbocycles. The zero-order valence-electron chi connectivity index (χ0n) is 13.2. The maximum absolute atomic E-state index is 10.5. The zero-order valence-corrected chi connectivity index (χ0v) is 13.2. The third-order valence-corrected chi connectivity index (χ3v) is 3.96. The molecule has 2 rings (SSSR count). The van der Waals surface area contributed by atoms with E-state index in [1.165, 1.54) is 16.8 Å². The molecule has 0 bridgehead atoms. The van der Waals surface area contributed by atoms with Gasteiger partial charge in [-0.3, -0.25) is 0 Å². The summed E-state index contributed by atoms with van der Waals surface area (Å²) in [6.07, 6.45) is 0.343. The van der Waals surface area contributed by atoms with Crippen molar-refractivity contribution in [3.63, 3.8) is 0 Å². The molecule has 0 saturated carbocycles. The Hall–Kier alpha value is -1.80. The summed E-state index contributed by atoms with van der Waals surface area (Å²) in [5, 5.41) is 10.5. The lowest BCUT2D eigenvalue weighted by Crippen LogP contribution is -2.25. The van der Waals surface area contributed by atoms with Crippen LogP contribution >= 0.6 is 0 Å². The Balaban J connectivity index is 2.01. The van der Waals surface area contributed by atoms with Crippen molar-refractivity contribution in [3.05, 3.63) is 65.2 Å². The third kappa shape index (κ3) is 4.08. The maximum atomic E-state index is 10.5. The van der Waals surface area contributed by atoms with Crippen LogP contribution in [0.25, 0.3) is 0 Å². The van der Waals surface area contributed by atoms with Gasteiger partial charge in [-0.05, 0) is 50.5 Å². The highest BCUT2D eigenvalue weighted by Crippen LogP contribution is 2.23. The Kier molecular flexibility index (Phi) is 5.40. The van der Waals surface area contributed by atoms with Gasteiger partial charge in [0.15, 0.2) is 0 Å². The van der Waals surface area contributed by atoms with Crippen LogP contribution in [-0.4, -0.2) is 18.2 Å². The molecule has 0 aliphatic heterocycles. The van der Waals surface area contributed by atoms with Gasteiger partial charge in [0.25, 0.3) is 0 Å². The second kappa shape index (κ2) is 7.28. The molecule has 0 spiro atoms. The van der Waals surface area contributed by atoms with Gasteiger partial charge in [-0.1, -0.05) is 42.0 Å². The van der Waals surface area contributed by atoms with Gasteiger partial charge in [0, 0.05) is 18.8 Å². The largest absolute Gasteiger partial charge is 0.388 e. The molecule has 0 saturated heterocycles. The maximum Gasteiger partial charge on any atom is 0.0809 e. The first kappa shape index (κ1) is 15.6. The number of para-hydroxylation sites is 1. The highest BCUT2D eigenvalue weighted by molar-refractivity contribution is 5.45. The molecule has 1 N–H and O–H groups in total. The van der Waals surface area contributed by atoms with E-state index >= 15 is 0 Å². The molecule has 0 fully saturated rings. The number of rotatable bonds is 6. The lowest BCUT2D eigenvalue weighted by Gasteiger charge is -2.25. The fourth-order valence-electron chi connectivity index (χ4n) is 2.74. The van der Waals surface area contributed by atoms with Crippen molar-refractivity contribution in [1.29, 1.82) is 0 Å². The number of nitrogens with zero attached hydrogens (tertiary/aromatic N) is 1. The van der Waals surface area contributed by atoms with E-state index in [1.807, 2.05) is 12.1 Å². The van der Waals surface area contributed by atoms with Crippen molar-refractivity contribution in [2.24, 2.45) is 0 Å². The molecule has 112 valence electrons. The minimum atomic E-state index is -0.400. The molecule has 2 heteroatoms. The number of anilines is 1. The second-order valence-electron chi connectivity index (χ2n) is 5.58. The van der Waals surface area contributed by atoms with Crippen LogP contribution in [0.15, 0.2) is 48.5 Å². The number of hydrogen-bond acceptors (Lipinski definition) is 2. The number of benzene rings is 2. The number of aliphatic hydroxyl groups is 1. The summed E-state index contributed by atoms with van der Waals surface area (Å²) in [6.45, 7) is 8.10. The van der Waals surface area contributed by atoms with E-state index in [0.29, 0.717) is 0 Å². The van der Waals surface area contributed by atoms with Gasteiger partial charge < -0.3 is 10.0 Å². The molecule has 0 radical (unpaired) electrons. The summed E-state index contributed by atoms with van der Waals surface area (Å²) in [5.74, 6) is 0. The van der Waals surface area contributed by atoms with Crippen LogP contribution in [0.3, 0.4) is 0 Å². The van der Waals surface area contributed by atoms with Crippen LogP contribution in [0.1, 0.15) is 36.1 Å². The molecule has 1 atom stereocenters. The highest BCUT2D eigenvalue weighted by atomic mass is 16.3. The Morgan fingerprint density at radius 3 is 2.38 bits per heavy atom. The van der Waals surface area contributed by atoms with Crippen molar-refractivity contribution in [2.75, 3.05) is 18.0 Å². The Labute approximate surface area is 128 Å². The lowest BCUT2D eigenvalue weighted by molar-refractivity contribution is 0.168. The first-order valence-electron chi connectivity index (χ1n) is 7.67. The Bertz CT molecular complexity index is 565. The van der Waals surface area contributed by atoms with Gasteiger partial charge in [-0.15, -0.1) is 0 Å². The van der Waals surface area contributed by atoms with Crippen molar-refractivity contribution in [3.8, 4) is 0 Å². The molecule has 0 amide bonds. The van der Waals surface area contributed by atoms with Crippen molar-refractivity contribution in [1.82, 2.24) is 0 Å². The quantitative estimate of drug-likeness (QED) is 0.856. The lowest BCUT2D eigenvalue weighted by atomic mass is 9.99. The first-order valence-corrected chi connectivity index (χ1v) is 7.67. The van der Waals surface area contributed by atoms with E-state index in [9.17, 15) is 5.11 Å². The van der Waals surface area contributed by atoms with Gasteiger partial charge in [0.1, 0.15) is 0 Å². The van der Waals surface area contributed by atoms with Crippen LogP contribution < -0.4 is 4.90 Å². The summed E-state index contributed by atoms with van der Waals surface area (Å²) < 4.78 is 0. The number of aryl methyl sites for hydroxylation is 2. The van der Waals surface area contributed by atoms with Gasteiger partial charge in [0.2, 0.25) is 0 Å². The fraction of sp³-hybridized carbons (Fsp3) is 0.368. The van der Waals surface area contributed by atoms with E-state index in [1.54, 1.807) is 0 Å². The van der Waals surface area contributed by atoms with Gasteiger partial charge in [-0.25, -0.2) is 0 Å². The molecule has 21 heavy (non-hydrogen) atoms. The van der Waals surface area contributed by atoms with E-state index < -0.39 is 6.10 Å². The monoisotopic (exact) mass is 283 g/mol. The summed E-state index contributed by atoms with van der Waals surface area (Å²) in [4.78, 5) is 2.30.